The van der Waals surface area contributed by atoms with Crippen LogP contribution in [0, 0.1) is 0 Å². The van der Waals surface area contributed by atoms with Gasteiger partial charge in [-0.2, -0.15) is 15.0 Å². The van der Waals surface area contributed by atoms with E-state index >= 15 is 0 Å². The topological polar surface area (TPSA) is 78.0 Å². The van der Waals surface area contributed by atoms with Crippen LogP contribution in [-0.4, -0.2) is 53.2 Å². The molecule has 190 valence electrons. The predicted molar refractivity (Wildman–Crippen MR) is 151 cm³/mol. The van der Waals surface area contributed by atoms with Crippen LogP contribution in [0.25, 0.3) is 0 Å². The van der Waals surface area contributed by atoms with Crippen LogP contribution in [0.4, 0.5) is 17.8 Å². The van der Waals surface area contributed by atoms with Crippen LogP contribution in [0.2, 0.25) is 0 Å². The van der Waals surface area contributed by atoms with Crippen molar-refractivity contribution in [2.45, 2.75) is 43.2 Å². The summed E-state index contributed by atoms with van der Waals surface area (Å²) in [5.41, 5.74) is 6.07. The molecule has 3 N–H and O–H groups in total. The second-order valence-corrected chi connectivity index (χ2v) is 10.2. The molecule has 3 aliphatic carbocycles. The highest BCUT2D eigenvalue weighted by Gasteiger charge is 2.43. The van der Waals surface area contributed by atoms with E-state index in [9.17, 15) is 0 Å². The highest BCUT2D eigenvalue weighted by Crippen LogP contribution is 2.52. The number of fused-ring (bicyclic) bond motifs is 1. The Bertz CT molecular complexity index is 1200. The molecule has 0 radical (unpaired) electrons. The van der Waals surface area contributed by atoms with Crippen molar-refractivity contribution in [2.75, 3.05) is 41.7 Å². The van der Waals surface area contributed by atoms with Crippen molar-refractivity contribution in [3.8, 4) is 0 Å². The first-order chi connectivity index (χ1) is 18.2. The Morgan fingerprint density at radius 3 is 1.86 bits per heavy atom. The van der Waals surface area contributed by atoms with Gasteiger partial charge in [-0.1, -0.05) is 60.7 Å². The van der Waals surface area contributed by atoms with E-state index in [0.717, 1.165) is 25.9 Å². The summed E-state index contributed by atoms with van der Waals surface area (Å²) in [6.07, 6.45) is 6.89. The Morgan fingerprint density at radius 2 is 1.32 bits per heavy atom. The molecule has 2 aromatic carbocycles. The first-order valence-electron chi connectivity index (χ1n) is 13.4. The van der Waals surface area contributed by atoms with Gasteiger partial charge in [0, 0.05) is 50.1 Å². The number of anilines is 3. The average molecular weight is 494 g/mol. The summed E-state index contributed by atoms with van der Waals surface area (Å²) in [6.45, 7) is 10.6. The molecular weight excluding hydrogens is 458 g/mol. The van der Waals surface area contributed by atoms with Gasteiger partial charge >= 0.3 is 0 Å². The van der Waals surface area contributed by atoms with Crippen molar-refractivity contribution in [3.05, 3.63) is 96.1 Å². The van der Waals surface area contributed by atoms with E-state index in [1.54, 1.807) is 12.2 Å². The number of piperidine rings is 1. The number of benzene rings is 2. The minimum absolute atomic E-state index is 0.427. The molecule has 1 unspecified atom stereocenters. The van der Waals surface area contributed by atoms with E-state index < -0.39 is 0 Å². The first kappa shape index (κ1) is 23.7. The van der Waals surface area contributed by atoms with Gasteiger partial charge in [0.25, 0.3) is 0 Å². The summed E-state index contributed by atoms with van der Waals surface area (Å²) in [5, 5.41) is 10.5. The molecule has 4 aliphatic rings. The maximum Gasteiger partial charge on any atom is 0.231 e. The molecule has 0 saturated carbocycles. The van der Waals surface area contributed by atoms with Gasteiger partial charge in [-0.3, -0.25) is 0 Å². The quantitative estimate of drug-likeness (QED) is 0.374. The monoisotopic (exact) mass is 493 g/mol. The normalized spacial score (nSPS) is 22.2. The van der Waals surface area contributed by atoms with E-state index in [2.05, 4.69) is 97.5 Å². The van der Waals surface area contributed by atoms with Gasteiger partial charge in [-0.05, 0) is 41.5 Å². The molecule has 7 heteroatoms. The SMILES string of the molecule is C=CCNc1nc(NCC=C)nc(N2CCC(NC3CC4c5ccccc5C3c3ccccc34)CC2)n1. The first-order valence-corrected chi connectivity index (χ1v) is 13.4. The van der Waals surface area contributed by atoms with Crippen molar-refractivity contribution in [2.24, 2.45) is 0 Å². The number of nitrogens with one attached hydrogen (secondary N) is 3. The molecular formula is C30H35N7. The highest BCUT2D eigenvalue weighted by atomic mass is 15.3. The van der Waals surface area contributed by atoms with Crippen molar-refractivity contribution in [1.29, 1.82) is 0 Å². The molecule has 0 spiro atoms. The lowest BCUT2D eigenvalue weighted by molar-refractivity contribution is 0.304. The Kier molecular flexibility index (Phi) is 6.62. The molecule has 37 heavy (non-hydrogen) atoms. The predicted octanol–water partition coefficient (Wildman–Crippen LogP) is 4.68. The number of hydrogen-bond acceptors (Lipinski definition) is 7. The third-order valence-corrected chi connectivity index (χ3v) is 7.97. The Labute approximate surface area is 219 Å². The number of nitrogens with zero attached hydrogens (tertiary/aromatic N) is 4. The zero-order valence-electron chi connectivity index (χ0n) is 21.2. The fourth-order valence-corrected chi connectivity index (χ4v) is 6.34. The molecule has 0 amide bonds. The summed E-state index contributed by atoms with van der Waals surface area (Å²) in [5.74, 6) is 2.75. The summed E-state index contributed by atoms with van der Waals surface area (Å²) in [6, 6.07) is 19.1. The van der Waals surface area contributed by atoms with Crippen molar-refractivity contribution in [1.82, 2.24) is 20.3 Å². The fraction of sp³-hybridized carbons (Fsp3) is 0.367. The van der Waals surface area contributed by atoms with Crippen LogP contribution in [0.15, 0.2) is 73.8 Å². The molecule has 2 heterocycles. The van der Waals surface area contributed by atoms with Crippen molar-refractivity contribution in [3.63, 3.8) is 0 Å². The van der Waals surface area contributed by atoms with Crippen LogP contribution in [0.1, 0.15) is 53.4 Å². The van der Waals surface area contributed by atoms with Crippen molar-refractivity contribution < 1.29 is 0 Å². The van der Waals surface area contributed by atoms with E-state index in [1.807, 2.05) is 0 Å². The smallest absolute Gasteiger partial charge is 0.231 e. The van der Waals surface area contributed by atoms with Crippen LogP contribution in [0.5, 0.6) is 0 Å². The molecule has 1 fully saturated rings. The summed E-state index contributed by atoms with van der Waals surface area (Å²) in [7, 11) is 0. The summed E-state index contributed by atoms with van der Waals surface area (Å²) < 4.78 is 0. The maximum absolute atomic E-state index is 4.68. The molecule has 1 aliphatic heterocycles. The standard InChI is InChI=1S/C30H35N7/c1-3-15-31-28-34-29(32-16-4-2)36-30(35-28)37-17-13-20(14-18-37)33-26-19-25-21-9-5-7-11-23(21)27(26)24-12-8-6-10-22(24)25/h3-12,20,25-27,33H,1-2,13-19H2,(H2,31,32,34,35,36). The number of hydrogen-bond donors (Lipinski definition) is 3. The Hall–Kier alpha value is -3.71. The molecule has 1 atom stereocenters. The van der Waals surface area contributed by atoms with Crippen LogP contribution in [0.3, 0.4) is 0 Å². The second kappa shape index (κ2) is 10.3. The third-order valence-electron chi connectivity index (χ3n) is 7.97. The zero-order valence-corrected chi connectivity index (χ0v) is 21.2. The zero-order chi connectivity index (χ0) is 25.2. The van der Waals surface area contributed by atoms with Gasteiger partial charge in [-0.25, -0.2) is 0 Å². The highest BCUT2D eigenvalue weighted by molar-refractivity contribution is 5.56. The molecule has 1 aromatic heterocycles. The van der Waals surface area contributed by atoms with Crippen LogP contribution in [-0.2, 0) is 0 Å². The van der Waals surface area contributed by atoms with E-state index in [1.165, 1.54) is 28.7 Å². The lowest BCUT2D eigenvalue weighted by Gasteiger charge is -2.47. The minimum Gasteiger partial charge on any atom is -0.351 e. The fourth-order valence-electron chi connectivity index (χ4n) is 6.34. The van der Waals surface area contributed by atoms with Gasteiger partial charge in [-0.15, -0.1) is 13.2 Å². The second-order valence-electron chi connectivity index (χ2n) is 10.2. The van der Waals surface area contributed by atoms with Gasteiger partial charge < -0.3 is 20.9 Å². The summed E-state index contributed by atoms with van der Waals surface area (Å²) in [4.78, 5) is 16.1. The minimum atomic E-state index is 0.427. The Balaban J connectivity index is 1.15. The Morgan fingerprint density at radius 1 is 0.784 bits per heavy atom. The van der Waals surface area contributed by atoms with Gasteiger partial charge in [0.2, 0.25) is 17.8 Å². The lowest BCUT2D eigenvalue weighted by Crippen LogP contribution is -2.51. The van der Waals surface area contributed by atoms with Gasteiger partial charge in [0.1, 0.15) is 0 Å². The molecule has 1 saturated heterocycles. The van der Waals surface area contributed by atoms with Gasteiger partial charge in [0.15, 0.2) is 0 Å². The van der Waals surface area contributed by atoms with E-state index in [-0.39, 0.29) is 0 Å². The van der Waals surface area contributed by atoms with Gasteiger partial charge in [0.05, 0.1) is 0 Å². The lowest BCUT2D eigenvalue weighted by atomic mass is 9.61. The molecule has 3 aromatic rings. The van der Waals surface area contributed by atoms with Crippen molar-refractivity contribution >= 4 is 17.8 Å². The molecule has 2 bridgehead atoms. The average Bonchev–Trinajstić information content (AvgIpc) is 2.95. The maximum atomic E-state index is 4.68. The molecule has 7 rings (SSSR count). The number of aromatic nitrogens is 3. The van der Waals surface area contributed by atoms with E-state index in [4.69, 9.17) is 0 Å². The molecule has 7 nitrogen and oxygen atoms in total. The van der Waals surface area contributed by atoms with Crippen LogP contribution >= 0.6 is 0 Å². The van der Waals surface area contributed by atoms with E-state index in [0.29, 0.717) is 54.9 Å². The largest absolute Gasteiger partial charge is 0.351 e. The van der Waals surface area contributed by atoms with Crippen LogP contribution < -0.4 is 20.9 Å². The summed E-state index contributed by atoms with van der Waals surface area (Å²) >= 11 is 0. The third kappa shape index (κ3) is 4.60. The number of rotatable bonds is 9.